The van der Waals surface area contributed by atoms with Crippen LogP contribution in [0.4, 0.5) is 5.69 Å². The fraction of sp³-hybridized carbons (Fsp3) is 0.625. The molecule has 0 aromatic heterocycles. The van der Waals surface area contributed by atoms with E-state index in [0.29, 0.717) is 6.04 Å². The smallest absolute Gasteiger partial charge is 0.0361 e. The molecule has 0 bridgehead atoms. The Kier molecular flexibility index (Phi) is 6.89. The average molecular weight is 263 g/mol. The van der Waals surface area contributed by atoms with Crippen LogP contribution in [0.5, 0.6) is 0 Å². The van der Waals surface area contributed by atoms with Gasteiger partial charge in [0.1, 0.15) is 0 Å². The van der Waals surface area contributed by atoms with Gasteiger partial charge in [-0.3, -0.25) is 0 Å². The van der Waals surface area contributed by atoms with Gasteiger partial charge in [-0.15, -0.1) is 0 Å². The zero-order chi connectivity index (χ0) is 14.3. The topological polar surface area (TPSA) is 18.5 Å². The van der Waals surface area contributed by atoms with E-state index in [0.717, 1.165) is 6.54 Å². The molecule has 1 aromatic rings. The van der Waals surface area contributed by atoms with E-state index in [-0.39, 0.29) is 0 Å². The van der Waals surface area contributed by atoms with Crippen LogP contribution >= 0.6 is 0 Å². The summed E-state index contributed by atoms with van der Waals surface area (Å²) in [6.45, 7) is 4.49. The Morgan fingerprint density at radius 1 is 1.00 bits per heavy atom. The normalized spacial score (nSPS) is 12.7. The molecule has 108 valence electrons. The lowest BCUT2D eigenvalue weighted by molar-refractivity contribution is 0.389. The fourth-order valence-corrected chi connectivity index (χ4v) is 2.05. The standard InChI is InChI=1S/C16H29N3/c1-14(17-12-6-7-13-18(2)3)15-8-10-16(11-9-15)19(4)5/h8-11,14,17H,6-7,12-13H2,1-5H3. The molecular formula is C16H29N3. The number of anilines is 1. The van der Waals surface area contributed by atoms with Crippen LogP contribution in [0.1, 0.15) is 31.4 Å². The molecule has 0 aliphatic heterocycles. The van der Waals surface area contributed by atoms with Crippen molar-refractivity contribution in [2.45, 2.75) is 25.8 Å². The molecule has 1 aromatic carbocycles. The lowest BCUT2D eigenvalue weighted by Gasteiger charge is -2.17. The predicted octanol–water partition coefficient (Wildman–Crippen LogP) is 2.75. The molecule has 1 unspecified atom stereocenters. The van der Waals surface area contributed by atoms with E-state index in [1.165, 1.54) is 30.6 Å². The number of hydrogen-bond donors (Lipinski definition) is 1. The Labute approximate surface area is 118 Å². The third-order valence-corrected chi connectivity index (χ3v) is 3.39. The Morgan fingerprint density at radius 3 is 2.16 bits per heavy atom. The Morgan fingerprint density at radius 2 is 1.63 bits per heavy atom. The van der Waals surface area contributed by atoms with E-state index in [4.69, 9.17) is 0 Å². The van der Waals surface area contributed by atoms with Crippen LogP contribution in [-0.2, 0) is 0 Å². The van der Waals surface area contributed by atoms with E-state index in [9.17, 15) is 0 Å². The van der Waals surface area contributed by atoms with Crippen LogP contribution in [0.3, 0.4) is 0 Å². The van der Waals surface area contributed by atoms with E-state index in [1.807, 2.05) is 0 Å². The van der Waals surface area contributed by atoms with Gasteiger partial charge in [-0.1, -0.05) is 12.1 Å². The maximum Gasteiger partial charge on any atom is 0.0361 e. The van der Waals surface area contributed by atoms with Gasteiger partial charge in [0, 0.05) is 25.8 Å². The first kappa shape index (κ1) is 16.0. The Bertz CT molecular complexity index is 344. The van der Waals surface area contributed by atoms with Gasteiger partial charge in [-0.25, -0.2) is 0 Å². The maximum atomic E-state index is 3.59. The van der Waals surface area contributed by atoms with Gasteiger partial charge >= 0.3 is 0 Å². The van der Waals surface area contributed by atoms with E-state index in [2.05, 4.69) is 74.5 Å². The molecule has 0 radical (unpaired) electrons. The molecule has 0 spiro atoms. The molecular weight excluding hydrogens is 234 g/mol. The Hall–Kier alpha value is -1.06. The first-order valence-electron chi connectivity index (χ1n) is 7.16. The summed E-state index contributed by atoms with van der Waals surface area (Å²) in [5.41, 5.74) is 2.61. The van der Waals surface area contributed by atoms with Gasteiger partial charge in [0.15, 0.2) is 0 Å². The van der Waals surface area contributed by atoms with E-state index >= 15 is 0 Å². The summed E-state index contributed by atoms with van der Waals surface area (Å²) in [7, 11) is 8.40. The summed E-state index contributed by atoms with van der Waals surface area (Å²) in [5, 5.41) is 3.59. The van der Waals surface area contributed by atoms with E-state index in [1.54, 1.807) is 0 Å². The molecule has 3 nitrogen and oxygen atoms in total. The third kappa shape index (κ3) is 6.08. The average Bonchev–Trinajstić information content (AvgIpc) is 2.37. The number of benzene rings is 1. The van der Waals surface area contributed by atoms with Gasteiger partial charge < -0.3 is 15.1 Å². The summed E-state index contributed by atoms with van der Waals surface area (Å²) in [4.78, 5) is 4.37. The highest BCUT2D eigenvalue weighted by Gasteiger charge is 2.04. The minimum absolute atomic E-state index is 0.426. The third-order valence-electron chi connectivity index (χ3n) is 3.39. The van der Waals surface area contributed by atoms with Gasteiger partial charge in [0.05, 0.1) is 0 Å². The van der Waals surface area contributed by atoms with Crippen LogP contribution in [0.25, 0.3) is 0 Å². The minimum Gasteiger partial charge on any atom is -0.378 e. The first-order chi connectivity index (χ1) is 9.00. The second-order valence-electron chi connectivity index (χ2n) is 5.67. The minimum atomic E-state index is 0.426. The lowest BCUT2D eigenvalue weighted by Crippen LogP contribution is -2.21. The second-order valence-corrected chi connectivity index (χ2v) is 5.67. The fourth-order valence-electron chi connectivity index (χ4n) is 2.05. The summed E-state index contributed by atoms with van der Waals surface area (Å²) in [5.74, 6) is 0. The molecule has 3 heteroatoms. The van der Waals surface area contributed by atoms with Gasteiger partial charge in [-0.2, -0.15) is 0 Å². The summed E-state index contributed by atoms with van der Waals surface area (Å²) < 4.78 is 0. The highest BCUT2D eigenvalue weighted by molar-refractivity contribution is 5.46. The van der Waals surface area contributed by atoms with Crippen molar-refractivity contribution in [3.05, 3.63) is 29.8 Å². The van der Waals surface area contributed by atoms with Gasteiger partial charge in [-0.05, 0) is 64.6 Å². The monoisotopic (exact) mass is 263 g/mol. The number of hydrogen-bond acceptors (Lipinski definition) is 3. The first-order valence-corrected chi connectivity index (χ1v) is 7.16. The number of rotatable bonds is 8. The zero-order valence-electron chi connectivity index (χ0n) is 13.1. The van der Waals surface area contributed by atoms with Gasteiger partial charge in [0.25, 0.3) is 0 Å². The van der Waals surface area contributed by atoms with Crippen molar-refractivity contribution in [2.75, 3.05) is 46.2 Å². The lowest BCUT2D eigenvalue weighted by atomic mass is 10.1. The SMILES string of the molecule is CC(NCCCCN(C)C)c1ccc(N(C)C)cc1. The van der Waals surface area contributed by atoms with Crippen molar-refractivity contribution >= 4 is 5.69 Å². The van der Waals surface area contributed by atoms with Crippen molar-refractivity contribution in [3.63, 3.8) is 0 Å². The second kappa shape index (κ2) is 8.18. The van der Waals surface area contributed by atoms with E-state index < -0.39 is 0 Å². The molecule has 0 aliphatic carbocycles. The highest BCUT2D eigenvalue weighted by Crippen LogP contribution is 2.17. The molecule has 1 rings (SSSR count). The van der Waals surface area contributed by atoms with Crippen molar-refractivity contribution in [1.29, 1.82) is 0 Å². The molecule has 19 heavy (non-hydrogen) atoms. The molecule has 0 saturated heterocycles. The molecule has 0 fully saturated rings. The highest BCUT2D eigenvalue weighted by atomic mass is 15.1. The summed E-state index contributed by atoms with van der Waals surface area (Å²) in [6.07, 6.45) is 2.49. The van der Waals surface area contributed by atoms with Crippen LogP contribution in [0.2, 0.25) is 0 Å². The van der Waals surface area contributed by atoms with Crippen molar-refractivity contribution < 1.29 is 0 Å². The maximum absolute atomic E-state index is 3.59. The Balaban J connectivity index is 2.31. The largest absolute Gasteiger partial charge is 0.378 e. The van der Waals surface area contributed by atoms with Crippen LogP contribution in [-0.4, -0.2) is 46.2 Å². The molecule has 0 heterocycles. The predicted molar refractivity (Wildman–Crippen MR) is 85.0 cm³/mol. The quantitative estimate of drug-likeness (QED) is 0.728. The number of nitrogens with one attached hydrogen (secondary N) is 1. The van der Waals surface area contributed by atoms with Crippen LogP contribution < -0.4 is 10.2 Å². The van der Waals surface area contributed by atoms with Gasteiger partial charge in [0.2, 0.25) is 0 Å². The molecule has 0 saturated carbocycles. The van der Waals surface area contributed by atoms with Crippen molar-refractivity contribution in [2.24, 2.45) is 0 Å². The molecule has 0 amide bonds. The van der Waals surface area contributed by atoms with Crippen molar-refractivity contribution in [1.82, 2.24) is 10.2 Å². The molecule has 0 aliphatic rings. The summed E-state index contributed by atoms with van der Waals surface area (Å²) >= 11 is 0. The van der Waals surface area contributed by atoms with Crippen molar-refractivity contribution in [3.8, 4) is 0 Å². The zero-order valence-corrected chi connectivity index (χ0v) is 13.1. The van der Waals surface area contributed by atoms with Crippen LogP contribution in [0, 0.1) is 0 Å². The molecule has 1 N–H and O–H groups in total. The summed E-state index contributed by atoms with van der Waals surface area (Å²) in [6, 6.07) is 9.22. The molecule has 1 atom stereocenters. The number of nitrogens with zero attached hydrogens (tertiary/aromatic N) is 2. The van der Waals surface area contributed by atoms with Crippen LogP contribution in [0.15, 0.2) is 24.3 Å². The number of unbranched alkanes of at least 4 members (excludes halogenated alkanes) is 1.